The van der Waals surface area contributed by atoms with Gasteiger partial charge in [0, 0.05) is 0 Å². The topological polar surface area (TPSA) is 79.1 Å². The van der Waals surface area contributed by atoms with E-state index >= 15 is 0 Å². The summed E-state index contributed by atoms with van der Waals surface area (Å²) < 4.78 is 0. The zero-order chi connectivity index (χ0) is 8.10. The lowest BCUT2D eigenvalue weighted by Gasteiger charge is -1.91. The van der Waals surface area contributed by atoms with Gasteiger partial charge in [-0.25, -0.2) is 4.98 Å². The van der Waals surface area contributed by atoms with Crippen molar-refractivity contribution in [3.8, 4) is 0 Å². The Morgan fingerprint density at radius 3 is 3.27 bits per heavy atom. The Labute approximate surface area is 68.7 Å². The molecule has 0 fully saturated rings. The van der Waals surface area contributed by atoms with Crippen LogP contribution in [0.1, 0.15) is 5.69 Å². The zero-order valence-corrected chi connectivity index (χ0v) is 6.43. The summed E-state index contributed by atoms with van der Waals surface area (Å²) in [4.78, 5) is 6.61. The predicted molar refractivity (Wildman–Crippen MR) is 46.1 cm³/mol. The summed E-state index contributed by atoms with van der Waals surface area (Å²) in [5, 5.41) is 3.84. The number of H-pyrrole nitrogens is 1. The molecule has 0 saturated carbocycles. The SMILES string of the molecule is NC(=S)NN=Cc1cnc[nH]1. The summed E-state index contributed by atoms with van der Waals surface area (Å²) in [6.07, 6.45) is 4.72. The van der Waals surface area contributed by atoms with Gasteiger partial charge in [0.2, 0.25) is 0 Å². The van der Waals surface area contributed by atoms with Crippen molar-refractivity contribution in [3.05, 3.63) is 18.2 Å². The van der Waals surface area contributed by atoms with Crippen LogP contribution in [-0.2, 0) is 0 Å². The number of hydrazone groups is 1. The molecule has 58 valence electrons. The molecule has 11 heavy (non-hydrogen) atoms. The van der Waals surface area contributed by atoms with Crippen LogP contribution in [0.2, 0.25) is 0 Å². The molecule has 0 aromatic carbocycles. The summed E-state index contributed by atoms with van der Waals surface area (Å²) in [5.41, 5.74) is 8.31. The van der Waals surface area contributed by atoms with Crippen LogP contribution in [0.25, 0.3) is 0 Å². The Balaban J connectivity index is 2.43. The highest BCUT2D eigenvalue weighted by molar-refractivity contribution is 7.80. The number of hydrogen-bond acceptors (Lipinski definition) is 3. The molecule has 1 aromatic rings. The van der Waals surface area contributed by atoms with Gasteiger partial charge in [0.05, 0.1) is 24.4 Å². The molecule has 0 amide bonds. The molecule has 1 heterocycles. The second kappa shape index (κ2) is 3.67. The minimum atomic E-state index is 0.140. The summed E-state index contributed by atoms with van der Waals surface area (Å²) in [5.74, 6) is 0. The largest absolute Gasteiger partial charge is 0.375 e. The second-order valence-corrected chi connectivity index (χ2v) is 2.18. The summed E-state index contributed by atoms with van der Waals surface area (Å²) in [6.45, 7) is 0. The van der Waals surface area contributed by atoms with E-state index in [1.807, 2.05) is 0 Å². The Morgan fingerprint density at radius 1 is 1.91 bits per heavy atom. The fraction of sp³-hybridized carbons (Fsp3) is 0. The maximum atomic E-state index is 5.11. The first-order chi connectivity index (χ1) is 5.29. The van der Waals surface area contributed by atoms with Crippen molar-refractivity contribution in [2.75, 3.05) is 0 Å². The van der Waals surface area contributed by atoms with E-state index in [2.05, 4.69) is 32.7 Å². The average Bonchev–Trinajstić information content (AvgIpc) is 2.39. The van der Waals surface area contributed by atoms with Crippen molar-refractivity contribution < 1.29 is 0 Å². The number of nitrogens with zero attached hydrogens (tertiary/aromatic N) is 2. The molecule has 6 heteroatoms. The molecule has 0 aliphatic rings. The predicted octanol–water partition coefficient (Wildman–Crippen LogP) is -0.423. The van der Waals surface area contributed by atoms with Gasteiger partial charge in [-0.1, -0.05) is 0 Å². The van der Waals surface area contributed by atoms with Crippen molar-refractivity contribution in [1.29, 1.82) is 0 Å². The standard InChI is InChI=1S/C5H7N5S/c6-5(11)10-9-2-4-1-7-3-8-4/h1-3H,(H,7,8)(H3,6,10,11). The highest BCUT2D eigenvalue weighted by Gasteiger charge is 1.85. The van der Waals surface area contributed by atoms with Gasteiger partial charge in [-0.3, -0.25) is 5.43 Å². The maximum Gasteiger partial charge on any atom is 0.184 e. The molecule has 0 aliphatic heterocycles. The normalized spacial score (nSPS) is 10.2. The van der Waals surface area contributed by atoms with Crippen LogP contribution in [0.3, 0.4) is 0 Å². The van der Waals surface area contributed by atoms with E-state index in [-0.39, 0.29) is 5.11 Å². The van der Waals surface area contributed by atoms with E-state index in [9.17, 15) is 0 Å². The Morgan fingerprint density at radius 2 is 2.73 bits per heavy atom. The number of hydrogen-bond donors (Lipinski definition) is 3. The lowest BCUT2D eigenvalue weighted by Crippen LogP contribution is -2.23. The molecular weight excluding hydrogens is 162 g/mol. The van der Waals surface area contributed by atoms with Crippen molar-refractivity contribution in [1.82, 2.24) is 15.4 Å². The second-order valence-electron chi connectivity index (χ2n) is 1.74. The third kappa shape index (κ3) is 2.76. The van der Waals surface area contributed by atoms with Gasteiger partial charge in [-0.05, 0) is 12.2 Å². The van der Waals surface area contributed by atoms with E-state index in [0.717, 1.165) is 5.69 Å². The molecule has 4 N–H and O–H groups in total. The van der Waals surface area contributed by atoms with E-state index in [1.165, 1.54) is 6.21 Å². The van der Waals surface area contributed by atoms with Crippen LogP contribution in [0.5, 0.6) is 0 Å². The number of thiocarbonyl (C=S) groups is 1. The smallest absolute Gasteiger partial charge is 0.184 e. The van der Waals surface area contributed by atoms with Crippen LogP contribution in [0.15, 0.2) is 17.6 Å². The first-order valence-corrected chi connectivity index (χ1v) is 3.27. The molecule has 1 aromatic heterocycles. The highest BCUT2D eigenvalue weighted by Crippen LogP contribution is 1.82. The number of nitrogens with one attached hydrogen (secondary N) is 2. The van der Waals surface area contributed by atoms with E-state index in [4.69, 9.17) is 5.73 Å². The number of rotatable bonds is 2. The van der Waals surface area contributed by atoms with Crippen molar-refractivity contribution >= 4 is 23.5 Å². The monoisotopic (exact) mass is 169 g/mol. The Bertz CT molecular complexity index is 252. The third-order valence-corrected chi connectivity index (χ3v) is 0.989. The zero-order valence-electron chi connectivity index (χ0n) is 5.61. The number of aromatic nitrogens is 2. The third-order valence-electron chi connectivity index (χ3n) is 0.898. The molecule has 0 radical (unpaired) electrons. The van der Waals surface area contributed by atoms with Crippen LogP contribution in [0, 0.1) is 0 Å². The Kier molecular flexibility index (Phi) is 2.56. The fourth-order valence-corrected chi connectivity index (χ4v) is 0.555. The molecule has 1 rings (SSSR count). The van der Waals surface area contributed by atoms with Gasteiger partial charge in [0.1, 0.15) is 0 Å². The van der Waals surface area contributed by atoms with Crippen LogP contribution < -0.4 is 11.2 Å². The van der Waals surface area contributed by atoms with Crippen molar-refractivity contribution in [3.63, 3.8) is 0 Å². The Hall–Kier alpha value is -1.43. The van der Waals surface area contributed by atoms with Gasteiger partial charge in [-0.2, -0.15) is 5.10 Å². The number of nitrogens with two attached hydrogens (primary N) is 1. The van der Waals surface area contributed by atoms with Gasteiger partial charge in [0.25, 0.3) is 0 Å². The van der Waals surface area contributed by atoms with Gasteiger partial charge >= 0.3 is 0 Å². The highest BCUT2D eigenvalue weighted by atomic mass is 32.1. The summed E-state index contributed by atoms with van der Waals surface area (Å²) in [7, 11) is 0. The van der Waals surface area contributed by atoms with Crippen LogP contribution in [-0.4, -0.2) is 21.3 Å². The van der Waals surface area contributed by atoms with Crippen LogP contribution >= 0.6 is 12.2 Å². The van der Waals surface area contributed by atoms with E-state index in [0.29, 0.717) is 0 Å². The molecule has 0 saturated heterocycles. The van der Waals surface area contributed by atoms with E-state index < -0.39 is 0 Å². The molecule has 0 spiro atoms. The quantitative estimate of drug-likeness (QED) is 0.319. The molecular formula is C5H7N5S. The summed E-state index contributed by atoms with van der Waals surface area (Å²) in [6, 6.07) is 0. The molecule has 0 aliphatic carbocycles. The minimum absolute atomic E-state index is 0.140. The molecule has 5 nitrogen and oxygen atoms in total. The fourth-order valence-electron chi connectivity index (χ4n) is 0.503. The molecule has 0 unspecified atom stereocenters. The van der Waals surface area contributed by atoms with E-state index in [1.54, 1.807) is 12.5 Å². The summed E-state index contributed by atoms with van der Waals surface area (Å²) >= 11 is 4.52. The number of aromatic amines is 1. The van der Waals surface area contributed by atoms with Gasteiger partial charge < -0.3 is 10.7 Å². The van der Waals surface area contributed by atoms with Crippen molar-refractivity contribution in [2.45, 2.75) is 0 Å². The van der Waals surface area contributed by atoms with Crippen LogP contribution in [0.4, 0.5) is 0 Å². The van der Waals surface area contributed by atoms with Gasteiger partial charge in [0.15, 0.2) is 5.11 Å². The average molecular weight is 169 g/mol. The lowest BCUT2D eigenvalue weighted by atomic mass is 10.5. The lowest BCUT2D eigenvalue weighted by molar-refractivity contribution is 1.04. The maximum absolute atomic E-state index is 5.11. The molecule has 0 bridgehead atoms. The minimum Gasteiger partial charge on any atom is -0.375 e. The van der Waals surface area contributed by atoms with Crippen molar-refractivity contribution in [2.24, 2.45) is 10.8 Å². The molecule has 0 atom stereocenters. The first-order valence-electron chi connectivity index (χ1n) is 2.86. The number of imidazole rings is 1. The van der Waals surface area contributed by atoms with Gasteiger partial charge in [-0.15, -0.1) is 0 Å². The first kappa shape index (κ1) is 7.67.